The number of hydrogen-bond acceptors (Lipinski definition) is 4. The number of carboxylic acids is 1. The van der Waals surface area contributed by atoms with Crippen LogP contribution in [-0.4, -0.2) is 36.1 Å². The molecule has 0 unspecified atom stereocenters. The largest absolute Gasteiger partial charge is 0.480 e. The van der Waals surface area contributed by atoms with Crippen LogP contribution < -0.4 is 5.32 Å². The molecule has 1 amide bonds. The Kier molecular flexibility index (Phi) is 6.68. The third-order valence-electron chi connectivity index (χ3n) is 2.78. The number of ether oxygens (including phenoxy) is 1. The first-order valence-electron chi connectivity index (χ1n) is 6.25. The van der Waals surface area contributed by atoms with Crippen LogP contribution in [-0.2, 0) is 25.5 Å². The Balaban J connectivity index is 2.54. The Hall–Kier alpha value is -2.08. The first kappa shape index (κ1) is 17.0. The van der Waals surface area contributed by atoms with Crippen LogP contribution in [0.25, 0.3) is 0 Å². The van der Waals surface area contributed by atoms with Gasteiger partial charge in [-0.05, 0) is 24.1 Å². The molecular formula is C14H16ClNO5. The SMILES string of the molecule is COC(=O)CC[C@H](NC(=O)Cc1ccc(Cl)cc1)C(=O)O. The summed E-state index contributed by atoms with van der Waals surface area (Å²) in [5.41, 5.74) is 0.717. The molecule has 1 aromatic carbocycles. The molecule has 0 aliphatic rings. The predicted octanol–water partition coefficient (Wildman–Crippen LogP) is 1.41. The van der Waals surface area contributed by atoms with Gasteiger partial charge in [0.2, 0.25) is 5.91 Å². The van der Waals surface area contributed by atoms with Gasteiger partial charge in [0.05, 0.1) is 13.5 Å². The predicted molar refractivity (Wildman–Crippen MR) is 76.0 cm³/mol. The van der Waals surface area contributed by atoms with E-state index in [1.54, 1.807) is 24.3 Å². The van der Waals surface area contributed by atoms with Gasteiger partial charge in [-0.3, -0.25) is 9.59 Å². The molecular weight excluding hydrogens is 298 g/mol. The minimum atomic E-state index is -1.19. The summed E-state index contributed by atoms with van der Waals surface area (Å²) in [5, 5.41) is 12.0. The Morgan fingerprint density at radius 2 is 1.90 bits per heavy atom. The fourth-order valence-electron chi connectivity index (χ4n) is 1.65. The first-order chi connectivity index (χ1) is 9.92. The van der Waals surface area contributed by atoms with Crippen molar-refractivity contribution in [1.29, 1.82) is 0 Å². The monoisotopic (exact) mass is 313 g/mol. The fourth-order valence-corrected chi connectivity index (χ4v) is 1.78. The molecule has 21 heavy (non-hydrogen) atoms. The van der Waals surface area contributed by atoms with Crippen molar-refractivity contribution in [3.63, 3.8) is 0 Å². The second-order valence-corrected chi connectivity index (χ2v) is 4.81. The number of carboxylic acid groups (broad SMARTS) is 1. The molecule has 7 heteroatoms. The molecule has 0 aliphatic heterocycles. The van der Waals surface area contributed by atoms with Crippen LogP contribution in [0.15, 0.2) is 24.3 Å². The number of carbonyl (C=O) groups excluding carboxylic acids is 2. The van der Waals surface area contributed by atoms with Crippen molar-refractivity contribution in [2.24, 2.45) is 0 Å². The third-order valence-corrected chi connectivity index (χ3v) is 3.03. The molecule has 0 fully saturated rings. The van der Waals surface area contributed by atoms with Crippen molar-refractivity contribution in [3.8, 4) is 0 Å². The van der Waals surface area contributed by atoms with Crippen molar-refractivity contribution >= 4 is 29.4 Å². The summed E-state index contributed by atoms with van der Waals surface area (Å²) in [5.74, 6) is -2.15. The summed E-state index contributed by atoms with van der Waals surface area (Å²) >= 11 is 5.74. The van der Waals surface area contributed by atoms with E-state index < -0.39 is 23.9 Å². The summed E-state index contributed by atoms with van der Waals surface area (Å²) in [4.78, 5) is 33.9. The van der Waals surface area contributed by atoms with E-state index in [2.05, 4.69) is 10.1 Å². The van der Waals surface area contributed by atoms with E-state index in [0.29, 0.717) is 10.6 Å². The second kappa shape index (κ2) is 8.26. The number of carbonyl (C=O) groups is 3. The zero-order valence-corrected chi connectivity index (χ0v) is 12.2. The highest BCUT2D eigenvalue weighted by molar-refractivity contribution is 6.30. The number of benzene rings is 1. The molecule has 0 saturated carbocycles. The van der Waals surface area contributed by atoms with Crippen LogP contribution in [0.4, 0.5) is 0 Å². The van der Waals surface area contributed by atoms with Crippen molar-refractivity contribution in [2.75, 3.05) is 7.11 Å². The molecule has 0 heterocycles. The summed E-state index contributed by atoms with van der Waals surface area (Å²) in [6, 6.07) is 5.55. The number of aliphatic carboxylic acids is 1. The topological polar surface area (TPSA) is 92.7 Å². The summed E-state index contributed by atoms with van der Waals surface area (Å²) < 4.78 is 4.44. The van der Waals surface area contributed by atoms with Gasteiger partial charge in [0.15, 0.2) is 0 Å². The van der Waals surface area contributed by atoms with Crippen molar-refractivity contribution in [1.82, 2.24) is 5.32 Å². The van der Waals surface area contributed by atoms with Crippen LogP contribution >= 0.6 is 11.6 Å². The van der Waals surface area contributed by atoms with E-state index in [-0.39, 0.29) is 19.3 Å². The quantitative estimate of drug-likeness (QED) is 0.742. The minimum Gasteiger partial charge on any atom is -0.480 e. The van der Waals surface area contributed by atoms with Crippen molar-refractivity contribution < 1.29 is 24.2 Å². The van der Waals surface area contributed by atoms with E-state index >= 15 is 0 Å². The number of halogens is 1. The molecule has 0 bridgehead atoms. The molecule has 0 radical (unpaired) electrons. The lowest BCUT2D eigenvalue weighted by atomic mass is 10.1. The second-order valence-electron chi connectivity index (χ2n) is 4.38. The zero-order chi connectivity index (χ0) is 15.8. The maximum atomic E-state index is 11.8. The van der Waals surface area contributed by atoms with Gasteiger partial charge in [-0.15, -0.1) is 0 Å². The molecule has 0 spiro atoms. The van der Waals surface area contributed by atoms with Gasteiger partial charge in [0.1, 0.15) is 6.04 Å². The molecule has 0 saturated heterocycles. The van der Waals surface area contributed by atoms with Gasteiger partial charge in [0.25, 0.3) is 0 Å². The normalized spacial score (nSPS) is 11.5. The molecule has 2 N–H and O–H groups in total. The van der Waals surface area contributed by atoms with Crippen molar-refractivity contribution in [3.05, 3.63) is 34.9 Å². The molecule has 114 valence electrons. The van der Waals surface area contributed by atoms with Crippen LogP contribution in [0.3, 0.4) is 0 Å². The summed E-state index contributed by atoms with van der Waals surface area (Å²) in [7, 11) is 1.22. The lowest BCUT2D eigenvalue weighted by Gasteiger charge is -2.14. The summed E-state index contributed by atoms with van der Waals surface area (Å²) in [6.45, 7) is 0. The summed E-state index contributed by atoms with van der Waals surface area (Å²) in [6.07, 6.45) is -0.0533. The van der Waals surface area contributed by atoms with Crippen molar-refractivity contribution in [2.45, 2.75) is 25.3 Å². The van der Waals surface area contributed by atoms with E-state index in [9.17, 15) is 14.4 Å². The maximum absolute atomic E-state index is 11.8. The molecule has 1 rings (SSSR count). The van der Waals surface area contributed by atoms with Gasteiger partial charge in [-0.25, -0.2) is 4.79 Å². The lowest BCUT2D eigenvalue weighted by Crippen LogP contribution is -2.41. The van der Waals surface area contributed by atoms with E-state index in [1.165, 1.54) is 7.11 Å². The Morgan fingerprint density at radius 3 is 2.43 bits per heavy atom. The Morgan fingerprint density at radius 1 is 1.29 bits per heavy atom. The van der Waals surface area contributed by atoms with Crippen LogP contribution in [0.2, 0.25) is 5.02 Å². The standard InChI is InChI=1S/C14H16ClNO5/c1-21-13(18)7-6-11(14(19)20)16-12(17)8-9-2-4-10(15)5-3-9/h2-5,11H,6-8H2,1H3,(H,16,17)(H,19,20)/t11-/m0/s1. The minimum absolute atomic E-state index is 0.0195. The maximum Gasteiger partial charge on any atom is 0.326 e. The Bertz CT molecular complexity index is 515. The number of methoxy groups -OCH3 is 1. The third kappa shape index (κ3) is 6.27. The average Bonchev–Trinajstić information content (AvgIpc) is 2.45. The fraction of sp³-hybridized carbons (Fsp3) is 0.357. The molecule has 6 nitrogen and oxygen atoms in total. The van der Waals surface area contributed by atoms with Gasteiger partial charge in [0, 0.05) is 11.4 Å². The van der Waals surface area contributed by atoms with E-state index in [0.717, 1.165) is 0 Å². The first-order valence-corrected chi connectivity index (χ1v) is 6.63. The number of esters is 1. The van der Waals surface area contributed by atoms with Crippen LogP contribution in [0, 0.1) is 0 Å². The Labute approximate surface area is 127 Å². The molecule has 1 aromatic rings. The number of nitrogens with one attached hydrogen (secondary N) is 1. The van der Waals surface area contributed by atoms with Crippen LogP contribution in [0.1, 0.15) is 18.4 Å². The van der Waals surface area contributed by atoms with E-state index in [1.807, 2.05) is 0 Å². The van der Waals surface area contributed by atoms with E-state index in [4.69, 9.17) is 16.7 Å². The smallest absolute Gasteiger partial charge is 0.326 e. The average molecular weight is 314 g/mol. The number of amides is 1. The highest BCUT2D eigenvalue weighted by Gasteiger charge is 2.21. The number of rotatable bonds is 7. The number of hydrogen-bond donors (Lipinski definition) is 2. The zero-order valence-electron chi connectivity index (χ0n) is 11.5. The molecule has 1 atom stereocenters. The van der Waals surface area contributed by atoms with Gasteiger partial charge < -0.3 is 15.2 Å². The highest BCUT2D eigenvalue weighted by atomic mass is 35.5. The van der Waals surface area contributed by atoms with Gasteiger partial charge in [-0.1, -0.05) is 23.7 Å². The molecule has 0 aliphatic carbocycles. The molecule has 0 aromatic heterocycles. The van der Waals surface area contributed by atoms with Gasteiger partial charge in [-0.2, -0.15) is 0 Å². The highest BCUT2D eigenvalue weighted by Crippen LogP contribution is 2.10. The van der Waals surface area contributed by atoms with Crippen LogP contribution in [0.5, 0.6) is 0 Å². The lowest BCUT2D eigenvalue weighted by molar-refractivity contribution is -0.144. The van der Waals surface area contributed by atoms with Gasteiger partial charge >= 0.3 is 11.9 Å².